The quantitative estimate of drug-likeness (QED) is 0.711. The Balaban J connectivity index is 2.84. The second kappa shape index (κ2) is 8.92. The largest absolute Gasteiger partial charge is 0.444 e. The van der Waals surface area contributed by atoms with Gasteiger partial charge in [-0.25, -0.2) is 4.79 Å². The lowest BCUT2D eigenvalue weighted by Crippen LogP contribution is -2.45. The number of carbonyl (C=O) groups is 1. The summed E-state index contributed by atoms with van der Waals surface area (Å²) in [5, 5.41) is 12.9. The lowest BCUT2D eigenvalue weighted by molar-refractivity contribution is 0.0500. The molecule has 4 nitrogen and oxygen atoms in total. The number of benzene rings is 1. The van der Waals surface area contributed by atoms with Crippen molar-refractivity contribution >= 4 is 6.09 Å². The highest BCUT2D eigenvalue weighted by molar-refractivity contribution is 5.67. The first-order chi connectivity index (χ1) is 10.8. The monoisotopic (exact) mass is 321 g/mol. The molecule has 1 aromatic carbocycles. The van der Waals surface area contributed by atoms with Crippen molar-refractivity contribution in [3.8, 4) is 0 Å². The second-order valence-electron chi connectivity index (χ2n) is 7.12. The molecule has 23 heavy (non-hydrogen) atoms. The van der Waals surface area contributed by atoms with Crippen LogP contribution < -0.4 is 5.32 Å². The van der Waals surface area contributed by atoms with Gasteiger partial charge in [0.05, 0.1) is 6.61 Å². The van der Waals surface area contributed by atoms with Crippen molar-refractivity contribution in [2.75, 3.05) is 13.2 Å². The first-order valence-corrected chi connectivity index (χ1v) is 8.46. The van der Waals surface area contributed by atoms with Gasteiger partial charge in [-0.1, -0.05) is 56.5 Å². The smallest absolute Gasteiger partial charge is 0.407 e. The summed E-state index contributed by atoms with van der Waals surface area (Å²) in [6.07, 6.45) is 3.64. The summed E-state index contributed by atoms with van der Waals surface area (Å²) in [5.74, 6) is 0. The van der Waals surface area contributed by atoms with E-state index in [0.29, 0.717) is 6.54 Å². The van der Waals surface area contributed by atoms with Gasteiger partial charge >= 0.3 is 6.09 Å². The predicted molar refractivity (Wildman–Crippen MR) is 93.6 cm³/mol. The Kier molecular flexibility index (Phi) is 7.56. The zero-order valence-electron chi connectivity index (χ0n) is 14.9. The highest BCUT2D eigenvalue weighted by atomic mass is 16.6. The molecule has 0 spiro atoms. The average molecular weight is 321 g/mol. The standard InChI is InChI=1S/C19H31NO3/c1-5-6-10-13-19(15-21,16-11-8-7-9-12-16)14-20-17(22)23-18(2,3)4/h7-9,11-12,21H,5-6,10,13-15H2,1-4H3,(H,20,22). The zero-order chi connectivity index (χ0) is 17.3. The van der Waals surface area contributed by atoms with Gasteiger partial charge in [0.1, 0.15) is 5.60 Å². The average Bonchev–Trinajstić information content (AvgIpc) is 2.50. The Morgan fingerprint density at radius 1 is 1.17 bits per heavy atom. The Bertz CT molecular complexity index is 467. The van der Waals surface area contributed by atoms with Crippen LogP contribution in [0.5, 0.6) is 0 Å². The molecule has 0 fully saturated rings. The van der Waals surface area contributed by atoms with Gasteiger partial charge in [-0.05, 0) is 32.8 Å². The number of aliphatic hydroxyl groups excluding tert-OH is 1. The molecule has 1 amide bonds. The minimum Gasteiger partial charge on any atom is -0.444 e. The van der Waals surface area contributed by atoms with E-state index < -0.39 is 17.1 Å². The van der Waals surface area contributed by atoms with Crippen LogP contribution in [0.3, 0.4) is 0 Å². The van der Waals surface area contributed by atoms with Gasteiger partial charge < -0.3 is 15.2 Å². The molecule has 0 radical (unpaired) electrons. The van der Waals surface area contributed by atoms with Gasteiger partial charge in [-0.3, -0.25) is 0 Å². The van der Waals surface area contributed by atoms with E-state index in [4.69, 9.17) is 4.74 Å². The number of rotatable bonds is 8. The Hall–Kier alpha value is -1.55. The molecule has 1 aromatic rings. The molecule has 2 N–H and O–H groups in total. The Labute approximate surface area is 140 Å². The first kappa shape index (κ1) is 19.5. The van der Waals surface area contributed by atoms with Crippen molar-refractivity contribution in [2.24, 2.45) is 0 Å². The normalized spacial score (nSPS) is 14.1. The van der Waals surface area contributed by atoms with Crippen molar-refractivity contribution in [3.63, 3.8) is 0 Å². The van der Waals surface area contributed by atoms with Crippen molar-refractivity contribution in [2.45, 2.75) is 64.4 Å². The van der Waals surface area contributed by atoms with Crippen LogP contribution >= 0.6 is 0 Å². The molecule has 1 rings (SSSR count). The summed E-state index contributed by atoms with van der Waals surface area (Å²) in [6.45, 7) is 8.03. The summed E-state index contributed by atoms with van der Waals surface area (Å²) >= 11 is 0. The zero-order valence-corrected chi connectivity index (χ0v) is 14.9. The van der Waals surface area contributed by atoms with Gasteiger partial charge in [0.25, 0.3) is 0 Å². The van der Waals surface area contributed by atoms with Crippen LogP contribution in [0.25, 0.3) is 0 Å². The fraction of sp³-hybridized carbons (Fsp3) is 0.632. The number of carbonyl (C=O) groups excluding carboxylic acids is 1. The van der Waals surface area contributed by atoms with E-state index in [1.807, 2.05) is 51.1 Å². The molecule has 0 aliphatic rings. The predicted octanol–water partition coefficient (Wildman–Crippen LogP) is 4.02. The topological polar surface area (TPSA) is 58.6 Å². The van der Waals surface area contributed by atoms with E-state index in [0.717, 1.165) is 31.2 Å². The van der Waals surface area contributed by atoms with E-state index in [2.05, 4.69) is 12.2 Å². The first-order valence-electron chi connectivity index (χ1n) is 8.46. The van der Waals surface area contributed by atoms with Gasteiger partial charge in [0.15, 0.2) is 0 Å². The highest BCUT2D eigenvalue weighted by Gasteiger charge is 2.32. The van der Waals surface area contributed by atoms with Gasteiger partial charge in [0, 0.05) is 12.0 Å². The minimum absolute atomic E-state index is 0.00345. The third kappa shape index (κ3) is 6.61. The summed E-state index contributed by atoms with van der Waals surface area (Å²) < 4.78 is 5.31. The molecule has 0 heterocycles. The maximum atomic E-state index is 12.0. The third-order valence-corrected chi connectivity index (χ3v) is 3.92. The Morgan fingerprint density at radius 3 is 2.35 bits per heavy atom. The van der Waals surface area contributed by atoms with Crippen LogP contribution in [-0.4, -0.2) is 30.0 Å². The minimum atomic E-state index is -0.527. The van der Waals surface area contributed by atoms with Gasteiger partial charge in [-0.2, -0.15) is 0 Å². The van der Waals surface area contributed by atoms with Crippen molar-refractivity contribution < 1.29 is 14.6 Å². The molecule has 0 saturated heterocycles. The van der Waals surface area contributed by atoms with Crippen LogP contribution in [-0.2, 0) is 10.2 Å². The molecule has 0 saturated carbocycles. The fourth-order valence-corrected chi connectivity index (χ4v) is 2.62. The number of alkyl carbamates (subject to hydrolysis) is 1. The van der Waals surface area contributed by atoms with Crippen LogP contribution in [0.2, 0.25) is 0 Å². The molecule has 0 aliphatic carbocycles. The van der Waals surface area contributed by atoms with E-state index >= 15 is 0 Å². The molecule has 0 bridgehead atoms. The molecule has 1 atom stereocenters. The molecule has 0 aromatic heterocycles. The van der Waals surface area contributed by atoms with Crippen LogP contribution in [0.4, 0.5) is 4.79 Å². The van der Waals surface area contributed by atoms with E-state index in [1.165, 1.54) is 0 Å². The molecule has 0 aliphatic heterocycles. The number of hydrogen-bond donors (Lipinski definition) is 2. The molecular formula is C19H31NO3. The van der Waals surface area contributed by atoms with Crippen molar-refractivity contribution in [3.05, 3.63) is 35.9 Å². The molecular weight excluding hydrogens is 290 g/mol. The summed E-state index contributed by atoms with van der Waals surface area (Å²) in [4.78, 5) is 12.0. The SMILES string of the molecule is CCCCCC(CO)(CNC(=O)OC(C)(C)C)c1ccccc1. The van der Waals surface area contributed by atoms with Crippen molar-refractivity contribution in [1.82, 2.24) is 5.32 Å². The van der Waals surface area contributed by atoms with Crippen LogP contribution in [0.1, 0.15) is 58.9 Å². The summed E-state index contributed by atoms with van der Waals surface area (Å²) in [7, 11) is 0. The van der Waals surface area contributed by atoms with Gasteiger partial charge in [-0.15, -0.1) is 0 Å². The third-order valence-electron chi connectivity index (χ3n) is 3.92. The second-order valence-corrected chi connectivity index (χ2v) is 7.12. The van der Waals surface area contributed by atoms with Crippen molar-refractivity contribution in [1.29, 1.82) is 0 Å². The number of ether oxygens (including phenoxy) is 1. The van der Waals surface area contributed by atoms with E-state index in [9.17, 15) is 9.90 Å². The number of hydrogen-bond acceptors (Lipinski definition) is 3. The summed E-state index contributed by atoms with van der Waals surface area (Å²) in [5.41, 5.74) is 0.0588. The maximum absolute atomic E-state index is 12.0. The lowest BCUT2D eigenvalue weighted by atomic mass is 9.76. The number of nitrogens with one attached hydrogen (secondary N) is 1. The summed E-state index contributed by atoms with van der Waals surface area (Å²) in [6, 6.07) is 9.91. The highest BCUT2D eigenvalue weighted by Crippen LogP contribution is 2.29. The molecule has 1 unspecified atom stereocenters. The lowest BCUT2D eigenvalue weighted by Gasteiger charge is -2.33. The fourth-order valence-electron chi connectivity index (χ4n) is 2.62. The maximum Gasteiger partial charge on any atom is 0.407 e. The number of aliphatic hydroxyl groups is 1. The molecule has 130 valence electrons. The number of unbranched alkanes of at least 4 members (excludes halogenated alkanes) is 2. The number of amides is 1. The molecule has 4 heteroatoms. The Morgan fingerprint density at radius 2 is 1.83 bits per heavy atom. The van der Waals surface area contributed by atoms with Crippen LogP contribution in [0, 0.1) is 0 Å². The van der Waals surface area contributed by atoms with Crippen LogP contribution in [0.15, 0.2) is 30.3 Å². The van der Waals surface area contributed by atoms with E-state index in [1.54, 1.807) is 0 Å². The van der Waals surface area contributed by atoms with Gasteiger partial charge in [0.2, 0.25) is 0 Å². The van der Waals surface area contributed by atoms with E-state index in [-0.39, 0.29) is 6.61 Å².